The third-order valence-electron chi connectivity index (χ3n) is 2.07. The molecule has 4 heteroatoms. The number of hydrogen-bond acceptors (Lipinski definition) is 1. The Morgan fingerprint density at radius 3 is 2.75 bits per heavy atom. The monoisotopic (exact) mass is 301 g/mol. The van der Waals surface area contributed by atoms with Crippen molar-refractivity contribution in [3.63, 3.8) is 0 Å². The summed E-state index contributed by atoms with van der Waals surface area (Å²) in [6.07, 6.45) is 1.44. The molecule has 0 spiro atoms. The van der Waals surface area contributed by atoms with Crippen LogP contribution in [0.4, 0.5) is 4.39 Å². The summed E-state index contributed by atoms with van der Waals surface area (Å²) in [5.74, 6) is -0.385. The van der Waals surface area contributed by atoms with Crippen molar-refractivity contribution >= 4 is 32.6 Å². The highest BCUT2D eigenvalue weighted by atomic mass is 79.9. The minimum atomic E-state index is -0.385. The fraction of sp³-hybridized carbons (Fsp3) is 0.250. The molecule has 0 heterocycles. The summed E-state index contributed by atoms with van der Waals surface area (Å²) in [7, 11) is 0. The SMILES string of the molecule is CCCC(C#N)=C(Cl)c1ccc(Br)c(F)c1. The van der Waals surface area contributed by atoms with Gasteiger partial charge in [-0.3, -0.25) is 0 Å². The maximum Gasteiger partial charge on any atom is 0.138 e. The highest BCUT2D eigenvalue weighted by Gasteiger charge is 2.08. The van der Waals surface area contributed by atoms with Gasteiger partial charge < -0.3 is 0 Å². The predicted molar refractivity (Wildman–Crippen MR) is 67.4 cm³/mol. The average Bonchev–Trinajstić information content (AvgIpc) is 2.28. The number of halogens is 3. The topological polar surface area (TPSA) is 23.8 Å². The van der Waals surface area contributed by atoms with Crippen LogP contribution in [0.1, 0.15) is 25.3 Å². The lowest BCUT2D eigenvalue weighted by atomic mass is 10.1. The largest absolute Gasteiger partial charge is 0.206 e. The second kappa shape index (κ2) is 6.03. The van der Waals surface area contributed by atoms with Gasteiger partial charge in [-0.25, -0.2) is 4.39 Å². The molecule has 0 saturated heterocycles. The van der Waals surface area contributed by atoms with Gasteiger partial charge in [0.1, 0.15) is 5.82 Å². The first-order chi connectivity index (χ1) is 7.60. The summed E-state index contributed by atoms with van der Waals surface area (Å²) in [5.41, 5.74) is 1.03. The highest BCUT2D eigenvalue weighted by molar-refractivity contribution is 9.10. The van der Waals surface area contributed by atoms with Gasteiger partial charge in [-0.1, -0.05) is 31.0 Å². The molecule has 1 nitrogen and oxygen atoms in total. The van der Waals surface area contributed by atoms with Crippen molar-refractivity contribution < 1.29 is 4.39 Å². The molecule has 1 aromatic carbocycles. The van der Waals surface area contributed by atoms with Gasteiger partial charge in [0.2, 0.25) is 0 Å². The number of hydrogen-bond donors (Lipinski definition) is 0. The Labute approximate surface area is 108 Å². The molecule has 0 aliphatic rings. The Bertz CT molecular complexity index is 463. The van der Waals surface area contributed by atoms with Crippen LogP contribution in [0, 0.1) is 17.1 Å². The zero-order valence-corrected chi connectivity index (χ0v) is 11.1. The molecule has 1 aromatic rings. The first-order valence-corrected chi connectivity index (χ1v) is 6.01. The van der Waals surface area contributed by atoms with Gasteiger partial charge in [0, 0.05) is 5.57 Å². The van der Waals surface area contributed by atoms with Crippen LogP contribution in [-0.4, -0.2) is 0 Å². The van der Waals surface area contributed by atoms with Gasteiger partial charge >= 0.3 is 0 Å². The van der Waals surface area contributed by atoms with Crippen LogP contribution in [0.5, 0.6) is 0 Å². The van der Waals surface area contributed by atoms with E-state index >= 15 is 0 Å². The number of nitriles is 1. The molecule has 0 fully saturated rings. The zero-order valence-electron chi connectivity index (χ0n) is 8.73. The van der Waals surface area contributed by atoms with E-state index in [0.717, 1.165) is 6.42 Å². The van der Waals surface area contributed by atoms with Crippen LogP contribution in [-0.2, 0) is 0 Å². The quantitative estimate of drug-likeness (QED) is 0.731. The van der Waals surface area contributed by atoms with Crippen molar-refractivity contribution in [3.8, 4) is 6.07 Å². The molecule has 0 atom stereocenters. The lowest BCUT2D eigenvalue weighted by molar-refractivity contribution is 0.621. The summed E-state index contributed by atoms with van der Waals surface area (Å²) in [4.78, 5) is 0. The lowest BCUT2D eigenvalue weighted by Crippen LogP contribution is -1.87. The van der Waals surface area contributed by atoms with Crippen molar-refractivity contribution in [2.75, 3.05) is 0 Å². The zero-order chi connectivity index (χ0) is 12.1. The second-order valence-electron chi connectivity index (χ2n) is 3.28. The first kappa shape index (κ1) is 13.2. The third kappa shape index (κ3) is 3.07. The number of rotatable bonds is 3. The smallest absolute Gasteiger partial charge is 0.138 e. The van der Waals surface area contributed by atoms with E-state index in [9.17, 15) is 4.39 Å². The van der Waals surface area contributed by atoms with E-state index in [2.05, 4.69) is 15.9 Å². The molecule has 0 radical (unpaired) electrons. The molecule has 0 aliphatic heterocycles. The fourth-order valence-electron chi connectivity index (χ4n) is 1.27. The van der Waals surface area contributed by atoms with Gasteiger partial charge in [0.15, 0.2) is 0 Å². The predicted octanol–water partition coefficient (Wildman–Crippen LogP) is 4.86. The Hall–Kier alpha value is -0.850. The number of allylic oxidation sites excluding steroid dienone is 1. The van der Waals surface area contributed by atoms with Gasteiger partial charge in [0.05, 0.1) is 15.6 Å². The fourth-order valence-corrected chi connectivity index (χ4v) is 1.77. The van der Waals surface area contributed by atoms with Crippen LogP contribution < -0.4 is 0 Å². The standard InChI is InChI=1S/C12H10BrClFN/c1-2-3-9(7-16)12(14)8-4-5-10(13)11(15)6-8/h4-6H,2-3H2,1H3. The molecule has 0 aliphatic carbocycles. The normalized spacial score (nSPS) is 11.9. The average molecular weight is 303 g/mol. The highest BCUT2D eigenvalue weighted by Crippen LogP contribution is 2.28. The van der Waals surface area contributed by atoms with E-state index in [1.54, 1.807) is 12.1 Å². The molecule has 0 bridgehead atoms. The van der Waals surface area contributed by atoms with Gasteiger partial charge in [0.25, 0.3) is 0 Å². The minimum Gasteiger partial charge on any atom is -0.206 e. The Morgan fingerprint density at radius 2 is 2.25 bits per heavy atom. The van der Waals surface area contributed by atoms with Crippen molar-refractivity contribution in [2.45, 2.75) is 19.8 Å². The van der Waals surface area contributed by atoms with E-state index in [1.165, 1.54) is 6.07 Å². The maximum absolute atomic E-state index is 13.3. The number of nitrogens with zero attached hydrogens (tertiary/aromatic N) is 1. The van der Waals surface area contributed by atoms with Crippen molar-refractivity contribution in [1.29, 1.82) is 5.26 Å². The molecule has 0 aromatic heterocycles. The molecule has 0 amide bonds. The van der Waals surface area contributed by atoms with Crippen LogP contribution in [0.2, 0.25) is 0 Å². The second-order valence-corrected chi connectivity index (χ2v) is 4.52. The molecular formula is C12H10BrClFN. The van der Waals surface area contributed by atoms with Crippen molar-refractivity contribution in [3.05, 3.63) is 39.6 Å². The van der Waals surface area contributed by atoms with Gasteiger partial charge in [-0.15, -0.1) is 0 Å². The summed E-state index contributed by atoms with van der Waals surface area (Å²) in [6, 6.07) is 6.63. The minimum absolute atomic E-state index is 0.329. The summed E-state index contributed by atoms with van der Waals surface area (Å²) < 4.78 is 13.7. The molecule has 0 unspecified atom stereocenters. The Kier molecular flexibility index (Phi) is 4.98. The molecule has 1 rings (SSSR count). The lowest BCUT2D eigenvalue weighted by Gasteiger charge is -2.04. The number of benzene rings is 1. The summed E-state index contributed by atoms with van der Waals surface area (Å²) >= 11 is 9.11. The molecule has 16 heavy (non-hydrogen) atoms. The van der Waals surface area contributed by atoms with Crippen molar-refractivity contribution in [2.24, 2.45) is 0 Å². The molecule has 0 N–H and O–H groups in total. The molecule has 0 saturated carbocycles. The van der Waals surface area contributed by atoms with E-state index in [1.807, 2.05) is 13.0 Å². The van der Waals surface area contributed by atoms with Crippen LogP contribution >= 0.6 is 27.5 Å². The van der Waals surface area contributed by atoms with E-state index in [0.29, 0.717) is 27.1 Å². The van der Waals surface area contributed by atoms with Gasteiger partial charge in [-0.05, 0) is 40.0 Å². The first-order valence-electron chi connectivity index (χ1n) is 4.84. The van der Waals surface area contributed by atoms with Crippen LogP contribution in [0.15, 0.2) is 28.2 Å². The summed E-state index contributed by atoms with van der Waals surface area (Å²) in [6.45, 7) is 1.96. The third-order valence-corrected chi connectivity index (χ3v) is 3.16. The van der Waals surface area contributed by atoms with E-state index < -0.39 is 0 Å². The van der Waals surface area contributed by atoms with Gasteiger partial charge in [-0.2, -0.15) is 5.26 Å². The molecule has 84 valence electrons. The van der Waals surface area contributed by atoms with Crippen LogP contribution in [0.25, 0.3) is 5.03 Å². The van der Waals surface area contributed by atoms with Crippen molar-refractivity contribution in [1.82, 2.24) is 0 Å². The molecular weight excluding hydrogens is 292 g/mol. The van der Waals surface area contributed by atoms with E-state index in [4.69, 9.17) is 16.9 Å². The van der Waals surface area contributed by atoms with Crippen LogP contribution in [0.3, 0.4) is 0 Å². The Morgan fingerprint density at radius 1 is 1.56 bits per heavy atom. The van der Waals surface area contributed by atoms with E-state index in [-0.39, 0.29) is 5.82 Å². The Balaban J connectivity index is 3.17. The summed E-state index contributed by atoms with van der Waals surface area (Å²) in [5, 5.41) is 9.25. The maximum atomic E-state index is 13.3.